The first-order valence-corrected chi connectivity index (χ1v) is 10.5. The molecule has 0 aliphatic rings. The van der Waals surface area contributed by atoms with Gasteiger partial charge in [-0.3, -0.25) is 0 Å². The van der Waals surface area contributed by atoms with Gasteiger partial charge in [-0.15, -0.1) is 0 Å². The zero-order valence-corrected chi connectivity index (χ0v) is 19.3. The Morgan fingerprint density at radius 2 is 1.69 bits per heavy atom. The van der Waals surface area contributed by atoms with Crippen molar-refractivity contribution in [2.24, 2.45) is 16.1 Å². The lowest BCUT2D eigenvalue weighted by Gasteiger charge is -2.19. The number of allylic oxidation sites excluding steroid dienone is 1. The number of fused-ring (bicyclic) bond motifs is 1. The SMILES string of the molecule is C=C(Nc1ccc(NC(=O)/N=C(N)\C=C(/C)C(C)(C)C)cc1)c1cc2cc(C)ccc2[nH]1. The fraction of sp³-hybridized carbons (Fsp3) is 0.231. The number of aliphatic imine (C=N–C) groups is 1. The Balaban J connectivity index is 1.62. The monoisotopic (exact) mass is 429 g/mol. The second kappa shape index (κ2) is 9.14. The predicted molar refractivity (Wildman–Crippen MR) is 136 cm³/mol. The van der Waals surface area contributed by atoms with E-state index in [1.165, 1.54) is 5.56 Å². The summed E-state index contributed by atoms with van der Waals surface area (Å²) in [7, 11) is 0. The fourth-order valence-electron chi connectivity index (χ4n) is 3.03. The Labute approximate surface area is 189 Å². The topological polar surface area (TPSA) is 95.3 Å². The molecule has 2 amide bonds. The van der Waals surface area contributed by atoms with Gasteiger partial charge in [0.15, 0.2) is 0 Å². The van der Waals surface area contributed by atoms with Crippen LogP contribution in [0.1, 0.15) is 39.0 Å². The van der Waals surface area contributed by atoms with Crippen LogP contribution in [0.3, 0.4) is 0 Å². The lowest BCUT2D eigenvalue weighted by Crippen LogP contribution is -2.17. The van der Waals surface area contributed by atoms with Crippen LogP contribution in [-0.2, 0) is 0 Å². The molecule has 0 spiro atoms. The minimum Gasteiger partial charge on any atom is -0.384 e. The van der Waals surface area contributed by atoms with Crippen molar-refractivity contribution in [3.8, 4) is 0 Å². The van der Waals surface area contributed by atoms with Gasteiger partial charge >= 0.3 is 6.03 Å². The molecule has 3 rings (SSSR count). The number of amides is 2. The number of aromatic nitrogens is 1. The summed E-state index contributed by atoms with van der Waals surface area (Å²) in [4.78, 5) is 19.4. The van der Waals surface area contributed by atoms with Gasteiger partial charge in [-0.1, -0.05) is 44.6 Å². The minimum atomic E-state index is -0.515. The molecule has 0 atom stereocenters. The molecule has 6 heteroatoms. The highest BCUT2D eigenvalue weighted by atomic mass is 16.2. The molecule has 0 unspecified atom stereocenters. The van der Waals surface area contributed by atoms with E-state index in [0.29, 0.717) is 5.69 Å². The third-order valence-electron chi connectivity index (χ3n) is 5.31. The Kier molecular flexibility index (Phi) is 6.53. The molecule has 0 bridgehead atoms. The summed E-state index contributed by atoms with van der Waals surface area (Å²) in [6.45, 7) is 14.4. The van der Waals surface area contributed by atoms with Crippen molar-refractivity contribution in [1.29, 1.82) is 0 Å². The van der Waals surface area contributed by atoms with E-state index in [2.05, 4.69) is 79.1 Å². The van der Waals surface area contributed by atoms with Crippen molar-refractivity contribution < 1.29 is 4.79 Å². The number of rotatable bonds is 5. The van der Waals surface area contributed by atoms with Gasteiger partial charge in [-0.05, 0) is 67.8 Å². The van der Waals surface area contributed by atoms with Gasteiger partial charge in [0, 0.05) is 22.3 Å². The van der Waals surface area contributed by atoms with Crippen LogP contribution < -0.4 is 16.4 Å². The number of H-pyrrole nitrogens is 1. The van der Waals surface area contributed by atoms with Crippen LogP contribution in [0, 0.1) is 12.3 Å². The molecule has 32 heavy (non-hydrogen) atoms. The molecule has 5 N–H and O–H groups in total. The Morgan fingerprint density at radius 3 is 2.31 bits per heavy atom. The Morgan fingerprint density at radius 1 is 1.06 bits per heavy atom. The average molecular weight is 430 g/mol. The fourth-order valence-corrected chi connectivity index (χ4v) is 3.03. The van der Waals surface area contributed by atoms with Crippen molar-refractivity contribution >= 4 is 39.8 Å². The third kappa shape index (κ3) is 5.88. The second-order valence-corrected chi connectivity index (χ2v) is 9.00. The predicted octanol–water partition coefficient (Wildman–Crippen LogP) is 6.44. The van der Waals surface area contributed by atoms with Crippen LogP contribution in [0.25, 0.3) is 16.6 Å². The molecular weight excluding hydrogens is 398 g/mol. The Bertz CT molecular complexity index is 1210. The zero-order chi connectivity index (χ0) is 23.5. The van der Waals surface area contributed by atoms with Crippen molar-refractivity contribution in [3.05, 3.63) is 78.0 Å². The molecule has 0 saturated heterocycles. The number of nitrogens with one attached hydrogen (secondary N) is 3. The summed E-state index contributed by atoms with van der Waals surface area (Å²) in [6, 6.07) is 15.2. The standard InChI is InChI=1S/C26H31N5O/c1-16-7-12-22-19(13-16)15-23(30-22)18(3)28-20-8-10-21(11-9-20)29-25(32)31-24(27)14-17(2)26(4,5)6/h7-15,28,30H,3H2,1-2,4-6H3,(H3,27,29,31,32)/b17-14+. The first-order chi connectivity index (χ1) is 15.0. The summed E-state index contributed by atoms with van der Waals surface area (Å²) < 4.78 is 0. The number of carbonyl (C=O) groups excluding carboxylic acids is 1. The van der Waals surface area contributed by atoms with E-state index >= 15 is 0 Å². The molecule has 0 fully saturated rings. The van der Waals surface area contributed by atoms with Crippen LogP contribution in [0.15, 0.2) is 71.8 Å². The van der Waals surface area contributed by atoms with Gasteiger partial charge in [-0.25, -0.2) is 4.79 Å². The smallest absolute Gasteiger partial charge is 0.347 e. The number of aromatic amines is 1. The first kappa shape index (κ1) is 22.9. The number of urea groups is 1. The molecule has 1 aromatic heterocycles. The van der Waals surface area contributed by atoms with Crippen LogP contribution in [-0.4, -0.2) is 16.9 Å². The summed E-state index contributed by atoms with van der Waals surface area (Å²) in [6.07, 6.45) is 1.73. The molecule has 6 nitrogen and oxygen atoms in total. The van der Waals surface area contributed by atoms with Gasteiger partial charge in [0.2, 0.25) is 0 Å². The number of hydrogen-bond acceptors (Lipinski definition) is 2. The van der Waals surface area contributed by atoms with Gasteiger partial charge in [-0.2, -0.15) is 4.99 Å². The van der Waals surface area contributed by atoms with Crippen molar-refractivity contribution in [2.45, 2.75) is 34.6 Å². The van der Waals surface area contributed by atoms with E-state index in [0.717, 1.165) is 33.6 Å². The maximum atomic E-state index is 12.2. The molecule has 0 radical (unpaired) electrons. The lowest BCUT2D eigenvalue weighted by molar-refractivity contribution is 0.259. The van der Waals surface area contributed by atoms with Gasteiger partial charge in [0.1, 0.15) is 5.84 Å². The molecule has 0 saturated carbocycles. The van der Waals surface area contributed by atoms with Gasteiger partial charge < -0.3 is 21.4 Å². The number of nitrogens with zero attached hydrogens (tertiary/aromatic N) is 1. The molecular formula is C26H31N5O. The quantitative estimate of drug-likeness (QED) is 0.277. The normalized spacial score (nSPS) is 12.7. The number of nitrogens with two attached hydrogens (primary N) is 1. The summed E-state index contributed by atoms with van der Waals surface area (Å²) in [5.41, 5.74) is 12.3. The summed E-state index contributed by atoms with van der Waals surface area (Å²) in [5.74, 6) is 0.179. The third-order valence-corrected chi connectivity index (χ3v) is 5.31. The zero-order valence-electron chi connectivity index (χ0n) is 19.3. The molecule has 166 valence electrons. The average Bonchev–Trinajstić information content (AvgIpc) is 3.12. The van der Waals surface area contributed by atoms with Crippen molar-refractivity contribution in [3.63, 3.8) is 0 Å². The number of amidine groups is 1. The molecule has 2 aromatic carbocycles. The number of benzene rings is 2. The van der Waals surface area contributed by atoms with Crippen molar-refractivity contribution in [1.82, 2.24) is 4.98 Å². The number of anilines is 2. The van der Waals surface area contributed by atoms with Gasteiger partial charge in [0.25, 0.3) is 0 Å². The minimum absolute atomic E-state index is 0.0325. The van der Waals surface area contributed by atoms with E-state index in [9.17, 15) is 4.79 Å². The van der Waals surface area contributed by atoms with E-state index < -0.39 is 6.03 Å². The Hall–Kier alpha value is -3.80. The van der Waals surface area contributed by atoms with Crippen LogP contribution >= 0.6 is 0 Å². The molecule has 0 aliphatic heterocycles. The molecule has 3 aromatic rings. The van der Waals surface area contributed by atoms with Crippen LogP contribution in [0.4, 0.5) is 16.2 Å². The second-order valence-electron chi connectivity index (χ2n) is 9.00. The van der Waals surface area contributed by atoms with Crippen LogP contribution in [0.2, 0.25) is 0 Å². The lowest BCUT2D eigenvalue weighted by atomic mass is 9.87. The van der Waals surface area contributed by atoms with E-state index in [4.69, 9.17) is 5.73 Å². The number of carbonyl (C=O) groups is 1. The molecule has 1 heterocycles. The highest BCUT2D eigenvalue weighted by molar-refractivity contribution is 6.04. The van der Waals surface area contributed by atoms with Gasteiger partial charge in [0.05, 0.1) is 11.4 Å². The van der Waals surface area contributed by atoms with E-state index in [1.54, 1.807) is 18.2 Å². The summed E-state index contributed by atoms with van der Waals surface area (Å²) >= 11 is 0. The van der Waals surface area contributed by atoms with E-state index in [-0.39, 0.29) is 11.3 Å². The van der Waals surface area contributed by atoms with Crippen LogP contribution in [0.5, 0.6) is 0 Å². The maximum Gasteiger partial charge on any atom is 0.347 e. The first-order valence-electron chi connectivity index (χ1n) is 10.5. The summed E-state index contributed by atoms with van der Waals surface area (Å²) in [5, 5.41) is 7.16. The largest absolute Gasteiger partial charge is 0.384 e. The highest BCUT2D eigenvalue weighted by Gasteiger charge is 2.13. The highest BCUT2D eigenvalue weighted by Crippen LogP contribution is 2.25. The molecule has 0 aliphatic carbocycles. The maximum absolute atomic E-state index is 12.2. The van der Waals surface area contributed by atoms with E-state index in [1.807, 2.05) is 19.1 Å². The number of hydrogen-bond donors (Lipinski definition) is 4. The van der Waals surface area contributed by atoms with Crippen molar-refractivity contribution in [2.75, 3.05) is 10.6 Å². The number of aryl methyl sites for hydroxylation is 1.